The minimum absolute atomic E-state index is 0.00951. The Bertz CT molecular complexity index is 1980. The molecule has 2 aliphatic rings. The number of benzene rings is 1. The van der Waals surface area contributed by atoms with Gasteiger partial charge in [-0.25, -0.2) is 9.59 Å². The zero-order chi connectivity index (χ0) is 36.2. The molecule has 50 heavy (non-hydrogen) atoms. The fraction of sp³-hybridized carbons (Fsp3) is 0.500. The summed E-state index contributed by atoms with van der Waals surface area (Å²) in [7, 11) is -3.19. The van der Waals surface area contributed by atoms with Crippen LogP contribution >= 0.6 is 7.60 Å². The SMILES string of the molecule is COc1ccc(C(O)P(=O)(OC[C@H]2O[C@@H](n3cc(C)c(=O)[nH]c3=O)C[C@@H]2N=[N+]=[N-])OC[C@H]2O[C@@H](n3cc(C)c(=O)[nH]c3=O)C[C@@H]2N=[N+]=[N-])cc1. The lowest BCUT2D eigenvalue weighted by Gasteiger charge is -2.27. The van der Waals surface area contributed by atoms with Crippen LogP contribution in [0.5, 0.6) is 5.75 Å². The number of aliphatic hydroxyl groups excluding tert-OH is 1. The molecule has 2 saturated heterocycles. The highest BCUT2D eigenvalue weighted by molar-refractivity contribution is 7.54. The molecule has 1 aromatic carbocycles. The van der Waals surface area contributed by atoms with Crippen molar-refractivity contribution in [2.75, 3.05) is 20.3 Å². The van der Waals surface area contributed by atoms with Crippen molar-refractivity contribution in [2.24, 2.45) is 10.2 Å². The predicted octanol–water partition coefficient (Wildman–Crippen LogP) is 2.56. The molecule has 21 nitrogen and oxygen atoms in total. The van der Waals surface area contributed by atoms with Gasteiger partial charge >= 0.3 is 19.0 Å². The molecule has 4 heterocycles. The number of nitrogens with zero attached hydrogens (tertiary/aromatic N) is 8. The first kappa shape index (κ1) is 36.3. The molecule has 0 amide bonds. The summed E-state index contributed by atoms with van der Waals surface area (Å²) in [6.45, 7) is 1.88. The van der Waals surface area contributed by atoms with E-state index in [0.29, 0.717) is 5.75 Å². The Kier molecular flexibility index (Phi) is 11.1. The number of azide groups is 2. The second kappa shape index (κ2) is 15.3. The van der Waals surface area contributed by atoms with E-state index in [1.807, 2.05) is 0 Å². The van der Waals surface area contributed by atoms with Crippen molar-refractivity contribution >= 4 is 7.60 Å². The molecule has 266 valence electrons. The molecule has 0 spiro atoms. The molecule has 0 saturated carbocycles. The maximum atomic E-state index is 14.5. The van der Waals surface area contributed by atoms with Crippen LogP contribution in [0.4, 0.5) is 0 Å². The average molecular weight is 717 g/mol. The number of methoxy groups -OCH3 is 1. The Morgan fingerprint density at radius 1 is 0.880 bits per heavy atom. The van der Waals surface area contributed by atoms with Gasteiger partial charge in [-0.2, -0.15) is 0 Å². The fourth-order valence-electron chi connectivity index (χ4n) is 5.54. The highest BCUT2D eigenvalue weighted by Crippen LogP contribution is 2.60. The van der Waals surface area contributed by atoms with E-state index in [1.165, 1.54) is 57.6 Å². The van der Waals surface area contributed by atoms with Crippen LogP contribution in [-0.2, 0) is 23.1 Å². The van der Waals surface area contributed by atoms with Crippen molar-refractivity contribution < 1.29 is 32.9 Å². The van der Waals surface area contributed by atoms with Gasteiger partial charge in [0.15, 0.2) is 5.85 Å². The summed E-state index contributed by atoms with van der Waals surface area (Å²) in [5, 5.41) is 18.8. The van der Waals surface area contributed by atoms with Crippen LogP contribution in [0.25, 0.3) is 20.9 Å². The number of aromatic nitrogens is 4. The highest BCUT2D eigenvalue weighted by Gasteiger charge is 2.44. The van der Waals surface area contributed by atoms with Crippen molar-refractivity contribution in [3.05, 3.63) is 116 Å². The van der Waals surface area contributed by atoms with Crippen LogP contribution in [-0.4, -0.2) is 68.8 Å². The fourth-order valence-corrected chi connectivity index (χ4v) is 7.14. The Balaban J connectivity index is 1.40. The summed E-state index contributed by atoms with van der Waals surface area (Å²) in [5.74, 6) is -1.43. The average Bonchev–Trinajstić information content (AvgIpc) is 3.69. The van der Waals surface area contributed by atoms with E-state index in [-0.39, 0.29) is 29.5 Å². The number of rotatable bonds is 13. The maximum absolute atomic E-state index is 14.5. The molecule has 7 atom stereocenters. The summed E-state index contributed by atoms with van der Waals surface area (Å²) in [5.41, 5.74) is 16.3. The first-order valence-electron chi connectivity index (χ1n) is 15.1. The molecular weight excluding hydrogens is 683 g/mol. The Labute approximate surface area is 281 Å². The Morgan fingerprint density at radius 3 is 1.72 bits per heavy atom. The van der Waals surface area contributed by atoms with Gasteiger partial charge in [0.25, 0.3) is 11.1 Å². The standard InChI is InChI=1S/C28H33N10O11P/c1-14-10-37(27(42)31-24(14)39)22-8-18(33-35-29)20(48-22)12-46-50(44,26(41)16-4-6-17(45-3)7-5-16)47-13-21-19(34-36-30)9-23(49-21)38-11-15(2)25(40)32-28(38)43/h4-7,10-11,18-23,26,41H,8-9,12-13H2,1-3H3,(H,31,39,42)(H,32,40,43)/t18-,19-,20+,21+,22+,23+,26?/m0/s1. The maximum Gasteiger partial charge on any atom is 0.363 e. The molecule has 5 rings (SSSR count). The zero-order valence-electron chi connectivity index (χ0n) is 26.9. The molecule has 0 aliphatic carbocycles. The first-order valence-corrected chi connectivity index (χ1v) is 16.7. The molecule has 2 aromatic heterocycles. The quantitative estimate of drug-likeness (QED) is 0.0999. The first-order chi connectivity index (χ1) is 23.9. The van der Waals surface area contributed by atoms with Gasteiger partial charge < -0.3 is 28.4 Å². The van der Waals surface area contributed by atoms with Gasteiger partial charge in [-0.3, -0.25) is 33.3 Å². The van der Waals surface area contributed by atoms with E-state index in [1.54, 1.807) is 0 Å². The molecule has 1 unspecified atom stereocenters. The van der Waals surface area contributed by atoms with Gasteiger partial charge in [0.05, 0.1) is 44.6 Å². The van der Waals surface area contributed by atoms with Crippen molar-refractivity contribution in [2.45, 2.75) is 69.3 Å². The normalized spacial score (nSPS) is 24.9. The number of aromatic amines is 2. The molecule has 3 N–H and O–H groups in total. The third kappa shape index (κ3) is 7.75. The van der Waals surface area contributed by atoms with Crippen molar-refractivity contribution in [3.8, 4) is 5.75 Å². The lowest BCUT2D eigenvalue weighted by molar-refractivity contribution is -0.0375. The summed E-state index contributed by atoms with van der Waals surface area (Å²) in [6.07, 6.45) is -1.61. The highest BCUT2D eigenvalue weighted by atomic mass is 31.2. The van der Waals surface area contributed by atoms with Gasteiger partial charge in [0.2, 0.25) is 0 Å². The Morgan fingerprint density at radius 2 is 1.32 bits per heavy atom. The number of hydrogen-bond donors (Lipinski definition) is 3. The molecule has 0 bridgehead atoms. The van der Waals surface area contributed by atoms with E-state index >= 15 is 0 Å². The minimum Gasteiger partial charge on any atom is -0.497 e. The van der Waals surface area contributed by atoms with E-state index < -0.39 is 85.9 Å². The lowest BCUT2D eigenvalue weighted by Crippen LogP contribution is -2.33. The van der Waals surface area contributed by atoms with Gasteiger partial charge in [-0.15, -0.1) is 0 Å². The third-order valence-corrected chi connectivity index (χ3v) is 10.2. The third-order valence-electron chi connectivity index (χ3n) is 8.27. The molecule has 0 radical (unpaired) electrons. The topological polar surface area (TPSA) is 291 Å². The van der Waals surface area contributed by atoms with Crippen molar-refractivity contribution in [1.29, 1.82) is 0 Å². The lowest BCUT2D eigenvalue weighted by atomic mass is 10.1. The van der Waals surface area contributed by atoms with Crippen LogP contribution in [0.3, 0.4) is 0 Å². The number of nitrogens with one attached hydrogen (secondary N) is 2. The van der Waals surface area contributed by atoms with Gasteiger partial charge in [-0.05, 0) is 42.6 Å². The number of hydrogen-bond acceptors (Lipinski definition) is 13. The number of aryl methyl sites for hydroxylation is 2. The van der Waals surface area contributed by atoms with Gasteiger partial charge in [-0.1, -0.05) is 22.4 Å². The zero-order valence-corrected chi connectivity index (χ0v) is 27.8. The molecule has 2 aliphatic heterocycles. The molecule has 2 fully saturated rings. The van der Waals surface area contributed by atoms with E-state index in [9.17, 15) is 39.9 Å². The predicted molar refractivity (Wildman–Crippen MR) is 173 cm³/mol. The second-order valence-electron chi connectivity index (χ2n) is 11.5. The van der Waals surface area contributed by atoms with Crippen LogP contribution in [0, 0.1) is 13.8 Å². The summed E-state index contributed by atoms with van der Waals surface area (Å²) in [6, 6.07) is 4.05. The Hall–Kier alpha value is -4.97. The minimum atomic E-state index is -4.63. The van der Waals surface area contributed by atoms with Crippen molar-refractivity contribution in [3.63, 3.8) is 0 Å². The number of ether oxygens (including phenoxy) is 3. The van der Waals surface area contributed by atoms with Crippen LogP contribution in [0.15, 0.2) is 66.1 Å². The summed E-state index contributed by atoms with van der Waals surface area (Å²) >= 11 is 0. The van der Waals surface area contributed by atoms with Crippen LogP contribution < -0.4 is 27.2 Å². The smallest absolute Gasteiger partial charge is 0.363 e. The van der Waals surface area contributed by atoms with Crippen LogP contribution in [0.2, 0.25) is 0 Å². The molecule has 22 heteroatoms. The van der Waals surface area contributed by atoms with E-state index in [2.05, 4.69) is 30.0 Å². The summed E-state index contributed by atoms with van der Waals surface area (Å²) < 4.78 is 45.3. The van der Waals surface area contributed by atoms with E-state index in [0.717, 1.165) is 9.13 Å². The summed E-state index contributed by atoms with van der Waals surface area (Å²) in [4.78, 5) is 58.8. The van der Waals surface area contributed by atoms with E-state index in [4.69, 9.17) is 23.3 Å². The largest absolute Gasteiger partial charge is 0.497 e. The molecule has 3 aromatic rings. The monoisotopic (exact) mass is 716 g/mol. The second-order valence-corrected chi connectivity index (χ2v) is 13.6. The number of aliphatic hydroxyl groups is 1. The van der Waals surface area contributed by atoms with Crippen LogP contribution in [0.1, 0.15) is 47.8 Å². The van der Waals surface area contributed by atoms with Crippen molar-refractivity contribution in [1.82, 2.24) is 19.1 Å². The number of H-pyrrole nitrogens is 2. The molecular formula is C28H33N10O11P. The van der Waals surface area contributed by atoms with Gasteiger partial charge in [0, 0.05) is 46.2 Å². The van der Waals surface area contributed by atoms with Gasteiger partial charge in [0.1, 0.15) is 18.2 Å².